The molecule has 0 aliphatic carbocycles. The zero-order chi connectivity index (χ0) is 84.9. The highest BCUT2D eigenvalue weighted by Gasteiger charge is 2.32. The number of alkyl halides is 8. The molecule has 16 rings (SSSR count). The summed E-state index contributed by atoms with van der Waals surface area (Å²) in [6.45, 7) is 27.7. The predicted molar refractivity (Wildman–Crippen MR) is 424 cm³/mol. The average Bonchev–Trinajstić information content (AvgIpc) is 1.66. The topological polar surface area (TPSA) is 358 Å². The molecule has 8 heterocycles. The van der Waals surface area contributed by atoms with E-state index in [1.54, 1.807) is 89.1 Å². The SMILES string of the molecule is Cc1nc2ccccc2n1-c1nc(N)cc(Nc2ccc(OC(F)(F)F)cc2)n1.[C-]#[N+]c1ccc2nc(C)n(-c3nc(N)c(F)c(Nc4ccc(C(F)(F)F)cc4)n3)c2c1.[C-]#[N+]c1ccc2nc(C)n(-c3nc(N)c(F)c(Nc4ccc(C)cc4)n3)c2c1.[C-]#[N+]c1ccc2nc(C)n(-c3nc(N)c(F)c(Nc4ccc(OC(F)F)cc4)n3)c2c1. The van der Waals surface area contributed by atoms with E-state index in [4.69, 9.17) is 42.7 Å². The molecule has 119 heavy (non-hydrogen) atoms. The van der Waals surface area contributed by atoms with Crippen molar-refractivity contribution < 1.29 is 57.8 Å². The molecule has 0 bridgehead atoms. The van der Waals surface area contributed by atoms with Crippen LogP contribution in [-0.4, -0.2) is 91.1 Å². The number of nitrogen functional groups attached to an aromatic ring is 4. The molecule has 8 aromatic carbocycles. The van der Waals surface area contributed by atoms with Gasteiger partial charge in [-0.2, -0.15) is 75.0 Å². The van der Waals surface area contributed by atoms with Crippen LogP contribution in [0.1, 0.15) is 34.4 Å². The van der Waals surface area contributed by atoms with Crippen LogP contribution in [0.15, 0.2) is 182 Å². The van der Waals surface area contributed by atoms with E-state index in [-0.39, 0.29) is 64.1 Å². The second-order valence-corrected chi connectivity index (χ2v) is 25.4. The van der Waals surface area contributed by atoms with Gasteiger partial charge in [0.05, 0.1) is 69.4 Å². The average molecular weight is 1630 g/mol. The van der Waals surface area contributed by atoms with Crippen LogP contribution in [-0.2, 0) is 6.18 Å². The van der Waals surface area contributed by atoms with Crippen LogP contribution in [0.3, 0.4) is 0 Å². The normalized spacial score (nSPS) is 11.2. The number of halogens is 11. The van der Waals surface area contributed by atoms with Crippen molar-refractivity contribution in [1.82, 2.24) is 78.1 Å². The maximum absolute atomic E-state index is 14.6. The summed E-state index contributed by atoms with van der Waals surface area (Å²) in [5, 5.41) is 11.3. The molecule has 0 spiro atoms. The summed E-state index contributed by atoms with van der Waals surface area (Å²) in [5.41, 5.74) is 31.7. The smallest absolute Gasteiger partial charge is 0.435 e. The minimum Gasteiger partial charge on any atom is -0.435 e. The Hall–Kier alpha value is -16.3. The van der Waals surface area contributed by atoms with Crippen molar-refractivity contribution >= 4 is 130 Å². The van der Waals surface area contributed by atoms with E-state index in [0.717, 1.165) is 40.9 Å². The third-order valence-electron chi connectivity index (χ3n) is 17.2. The standard InChI is InChI=1S/C20H13F4N7.C20H14F3N7O.C20H16FN7.C19H15F3N6O/c1-10-27-14-8-7-13(26-2)9-15(14)31(10)19-29-17(25)16(21)18(30-19)28-12-5-3-11(4-6-12)20(22,23)24;1-10-26-14-8-5-12(25-2)9-15(14)30(10)20-28-17(24)16(21)18(29-20)27-11-3-6-13(7-4-11)31-19(22)23;1-11-4-6-13(7-5-11)25-19-17(21)18(22)26-20(27-19)28-12(2)24-15-9-8-14(23-3)10-16(15)28;1-11-24-14-4-2-3-5-15(14)28(11)18-26-16(23)10-17(27-18)25-12-6-8-13(9-7-12)29-19(20,21)22/h3-9H,1H3,(H3,25,28,29,30);3-9,19H,1H3,(H3,24,27,28,29);4-10H,1-2H3,(H3,22,25,26,27);2-10H,1H3,(H3,23,25,26,27). The zero-order valence-electron chi connectivity index (χ0n) is 62.2. The number of hydrogen-bond acceptors (Lipinski definition) is 22. The van der Waals surface area contributed by atoms with Crippen LogP contribution < -0.4 is 53.7 Å². The summed E-state index contributed by atoms with van der Waals surface area (Å²) < 4.78 is 158. The third kappa shape index (κ3) is 18.3. The van der Waals surface area contributed by atoms with Crippen molar-refractivity contribution in [3.05, 3.63) is 268 Å². The van der Waals surface area contributed by atoms with Crippen molar-refractivity contribution in [3.63, 3.8) is 0 Å². The maximum Gasteiger partial charge on any atom is 0.573 e. The number of imidazole rings is 4. The summed E-state index contributed by atoms with van der Waals surface area (Å²) in [4.78, 5) is 61.6. The van der Waals surface area contributed by atoms with Gasteiger partial charge in [0, 0.05) is 28.8 Å². The number of para-hydroxylation sites is 2. The molecular formula is C79H58F11N27O2. The molecular weight excluding hydrogens is 1570 g/mol. The molecule has 0 saturated heterocycles. The van der Waals surface area contributed by atoms with Crippen LogP contribution in [0, 0.1) is 71.8 Å². The van der Waals surface area contributed by atoms with E-state index in [2.05, 4.69) is 105 Å². The number of hydrogen-bond donors (Lipinski definition) is 8. The van der Waals surface area contributed by atoms with Gasteiger partial charge in [-0.05, 0) is 168 Å². The van der Waals surface area contributed by atoms with Gasteiger partial charge in [-0.1, -0.05) is 48.0 Å². The second kappa shape index (κ2) is 33.4. The van der Waals surface area contributed by atoms with Crippen LogP contribution in [0.4, 0.5) is 135 Å². The molecule has 12 N–H and O–H groups in total. The van der Waals surface area contributed by atoms with E-state index in [1.165, 1.54) is 59.2 Å². The molecule has 0 aliphatic heterocycles. The molecule has 0 radical (unpaired) electrons. The molecule has 0 amide bonds. The number of ether oxygens (including phenoxy) is 2. The molecule has 0 unspecified atom stereocenters. The number of aromatic nitrogens is 16. The van der Waals surface area contributed by atoms with E-state index in [0.29, 0.717) is 102 Å². The quantitative estimate of drug-likeness (QED) is 0.0349. The first-order chi connectivity index (χ1) is 56.8. The Morgan fingerprint density at radius 3 is 1.10 bits per heavy atom. The summed E-state index contributed by atoms with van der Waals surface area (Å²) >= 11 is 0. The number of nitrogens with zero attached hydrogens (tertiary/aromatic N) is 19. The Balaban J connectivity index is 0.000000137. The number of anilines is 12. The first-order valence-electron chi connectivity index (χ1n) is 34.7. The highest BCUT2D eigenvalue weighted by molar-refractivity contribution is 5.85. The lowest BCUT2D eigenvalue weighted by atomic mass is 10.2. The van der Waals surface area contributed by atoms with Crippen LogP contribution >= 0.6 is 0 Å². The number of nitrogens with two attached hydrogens (primary N) is 4. The molecule has 29 nitrogen and oxygen atoms in total. The van der Waals surface area contributed by atoms with Gasteiger partial charge in [-0.3, -0.25) is 18.3 Å². The molecule has 598 valence electrons. The molecule has 0 saturated carbocycles. The van der Waals surface area contributed by atoms with Gasteiger partial charge in [-0.15, -0.1) is 13.2 Å². The van der Waals surface area contributed by atoms with Gasteiger partial charge in [0.15, 0.2) is 52.0 Å². The third-order valence-corrected chi connectivity index (χ3v) is 17.2. The molecule has 8 aromatic heterocycles. The van der Waals surface area contributed by atoms with Crippen LogP contribution in [0.2, 0.25) is 0 Å². The number of rotatable bonds is 15. The molecule has 0 atom stereocenters. The predicted octanol–water partition coefficient (Wildman–Crippen LogP) is 18.7. The zero-order valence-corrected chi connectivity index (χ0v) is 62.2. The summed E-state index contributed by atoms with van der Waals surface area (Å²) in [5.74, 6) is -1.15. The number of aryl methyl sites for hydroxylation is 5. The Bertz CT molecular complexity index is 6650. The van der Waals surface area contributed by atoms with Crippen molar-refractivity contribution in [1.29, 1.82) is 0 Å². The monoisotopic (exact) mass is 1630 g/mol. The molecule has 16 aromatic rings. The molecule has 0 aliphatic rings. The fourth-order valence-corrected chi connectivity index (χ4v) is 11.8. The van der Waals surface area contributed by atoms with Crippen LogP contribution in [0.25, 0.3) is 82.5 Å². The van der Waals surface area contributed by atoms with Gasteiger partial charge in [0.2, 0.25) is 41.2 Å². The van der Waals surface area contributed by atoms with E-state index in [9.17, 15) is 48.3 Å². The number of fused-ring (bicyclic) bond motifs is 4. The Morgan fingerprint density at radius 2 is 0.723 bits per heavy atom. The Morgan fingerprint density at radius 1 is 0.378 bits per heavy atom. The Kier molecular flexibility index (Phi) is 22.6. The Labute approximate surface area is 665 Å². The maximum atomic E-state index is 14.6. The van der Waals surface area contributed by atoms with Crippen molar-refractivity contribution in [2.45, 2.75) is 53.8 Å². The van der Waals surface area contributed by atoms with Gasteiger partial charge >= 0.3 is 19.2 Å². The summed E-state index contributed by atoms with van der Waals surface area (Å²) in [6, 6.07) is 46.3. The lowest BCUT2D eigenvalue weighted by Crippen LogP contribution is -2.17. The molecule has 0 fully saturated rings. The molecule has 40 heteroatoms. The van der Waals surface area contributed by atoms with Crippen LogP contribution in [0.5, 0.6) is 11.5 Å². The minimum absolute atomic E-state index is 0.00422. The largest absolute Gasteiger partial charge is 0.573 e. The summed E-state index contributed by atoms with van der Waals surface area (Å²) in [6.07, 6.45) is -9.23. The van der Waals surface area contributed by atoms with Crippen molar-refractivity contribution in [3.8, 4) is 35.3 Å². The number of benzene rings is 8. The highest BCUT2D eigenvalue weighted by Crippen LogP contribution is 2.36. The van der Waals surface area contributed by atoms with Gasteiger partial charge in [-0.25, -0.2) is 34.5 Å². The lowest BCUT2D eigenvalue weighted by molar-refractivity contribution is -0.274. The van der Waals surface area contributed by atoms with Gasteiger partial charge in [0.25, 0.3) is 0 Å². The minimum atomic E-state index is -4.74. The lowest BCUT2D eigenvalue weighted by Gasteiger charge is -2.12. The first kappa shape index (κ1) is 80.7. The summed E-state index contributed by atoms with van der Waals surface area (Å²) in [7, 11) is 0. The van der Waals surface area contributed by atoms with Crippen molar-refractivity contribution in [2.24, 2.45) is 0 Å². The highest BCUT2D eigenvalue weighted by atomic mass is 19.4. The fraction of sp³-hybridized carbons (Fsp3) is 0.101. The second-order valence-electron chi connectivity index (χ2n) is 25.4. The van der Waals surface area contributed by atoms with Gasteiger partial charge in [0.1, 0.15) is 46.4 Å². The van der Waals surface area contributed by atoms with E-state index < -0.39 is 53.8 Å². The van der Waals surface area contributed by atoms with Gasteiger partial charge < -0.3 is 53.7 Å². The van der Waals surface area contributed by atoms with E-state index >= 15 is 0 Å². The first-order valence-corrected chi connectivity index (χ1v) is 34.7. The number of nitrogens with one attached hydrogen (secondary N) is 4. The van der Waals surface area contributed by atoms with E-state index in [1.807, 2.05) is 62.4 Å². The van der Waals surface area contributed by atoms with Crippen molar-refractivity contribution in [2.75, 3.05) is 44.2 Å². The fourth-order valence-electron chi connectivity index (χ4n) is 11.8.